The van der Waals surface area contributed by atoms with Crippen molar-refractivity contribution in [1.82, 2.24) is 0 Å². The fourth-order valence-electron chi connectivity index (χ4n) is 2.12. The predicted molar refractivity (Wildman–Crippen MR) is 93.1 cm³/mol. The molecule has 126 valence electrons. The van der Waals surface area contributed by atoms with Gasteiger partial charge in [-0.1, -0.05) is 29.3 Å². The Kier molecular flexibility index (Phi) is 6.21. The summed E-state index contributed by atoms with van der Waals surface area (Å²) in [5.41, 5.74) is 2.63. The second-order valence-corrected chi connectivity index (χ2v) is 5.64. The molecule has 0 radical (unpaired) electrons. The van der Waals surface area contributed by atoms with Crippen molar-refractivity contribution < 1.29 is 19.1 Å². The average molecular weight is 348 g/mol. The molecule has 2 rings (SSSR count). The summed E-state index contributed by atoms with van der Waals surface area (Å²) in [5.74, 6) is 0.757. The molecule has 0 saturated heterocycles. The summed E-state index contributed by atoms with van der Waals surface area (Å²) in [6.45, 7) is 3.74. The van der Waals surface area contributed by atoms with Gasteiger partial charge in [0, 0.05) is 5.69 Å². The Balaban J connectivity index is 1.92. The van der Waals surface area contributed by atoms with Crippen LogP contribution in [0.5, 0.6) is 11.5 Å². The molecule has 0 saturated carbocycles. The molecule has 2 aromatic rings. The number of hydrogen-bond acceptors (Lipinski definition) is 4. The number of anilines is 1. The minimum absolute atomic E-state index is 0.0742. The molecule has 1 amide bonds. The Morgan fingerprint density at radius 3 is 2.54 bits per heavy atom. The van der Waals surface area contributed by atoms with E-state index in [0.717, 1.165) is 11.1 Å². The van der Waals surface area contributed by atoms with Crippen LogP contribution in [0.3, 0.4) is 0 Å². The third-order valence-electron chi connectivity index (χ3n) is 3.21. The van der Waals surface area contributed by atoms with Crippen LogP contribution in [0.15, 0.2) is 36.4 Å². The van der Waals surface area contributed by atoms with Crippen molar-refractivity contribution in [1.29, 1.82) is 0 Å². The van der Waals surface area contributed by atoms with Crippen LogP contribution in [0.2, 0.25) is 5.02 Å². The van der Waals surface area contributed by atoms with Gasteiger partial charge in [0.1, 0.15) is 18.1 Å². The van der Waals surface area contributed by atoms with Gasteiger partial charge in [0.05, 0.1) is 5.02 Å². The molecule has 0 fully saturated rings. The lowest BCUT2D eigenvalue weighted by atomic mass is 10.1. The van der Waals surface area contributed by atoms with Gasteiger partial charge >= 0.3 is 0 Å². The van der Waals surface area contributed by atoms with E-state index < -0.39 is 0 Å². The molecule has 0 aliphatic carbocycles. The molecule has 1 N–H and O–H groups in total. The topological polar surface area (TPSA) is 64.6 Å². The van der Waals surface area contributed by atoms with Crippen molar-refractivity contribution >= 4 is 29.5 Å². The van der Waals surface area contributed by atoms with Gasteiger partial charge in [0.15, 0.2) is 12.9 Å². The number of aryl methyl sites for hydroxylation is 2. The van der Waals surface area contributed by atoms with Gasteiger partial charge in [-0.2, -0.15) is 0 Å². The molecule has 24 heavy (non-hydrogen) atoms. The predicted octanol–water partition coefficient (Wildman–Crippen LogP) is 3.55. The molecular formula is C18H18ClNO4. The summed E-state index contributed by atoms with van der Waals surface area (Å²) in [7, 11) is 0. The zero-order chi connectivity index (χ0) is 17.5. The Bertz CT molecular complexity index is 746. The molecule has 5 nitrogen and oxygen atoms in total. The minimum Gasteiger partial charge on any atom is -0.485 e. The highest BCUT2D eigenvalue weighted by Gasteiger charge is 2.08. The summed E-state index contributed by atoms with van der Waals surface area (Å²) < 4.78 is 10.7. The molecule has 2 aromatic carbocycles. The molecule has 0 aliphatic heterocycles. The lowest BCUT2D eigenvalue weighted by molar-refractivity contribution is -0.118. The Hall–Kier alpha value is -2.53. The molecule has 0 bridgehead atoms. The van der Waals surface area contributed by atoms with Crippen molar-refractivity contribution in [3.8, 4) is 11.5 Å². The molecular weight excluding hydrogens is 330 g/mol. The van der Waals surface area contributed by atoms with Gasteiger partial charge in [-0.05, 0) is 43.7 Å². The van der Waals surface area contributed by atoms with Crippen LogP contribution in [-0.2, 0) is 9.59 Å². The maximum atomic E-state index is 12.0. The van der Waals surface area contributed by atoms with E-state index in [9.17, 15) is 9.59 Å². The highest BCUT2D eigenvalue weighted by molar-refractivity contribution is 6.32. The normalized spacial score (nSPS) is 10.1. The van der Waals surface area contributed by atoms with Crippen LogP contribution in [-0.4, -0.2) is 25.4 Å². The van der Waals surface area contributed by atoms with E-state index in [2.05, 4.69) is 5.32 Å². The lowest BCUT2D eigenvalue weighted by Gasteiger charge is -2.11. The first-order chi connectivity index (χ1) is 11.5. The van der Waals surface area contributed by atoms with Crippen LogP contribution in [0.1, 0.15) is 11.1 Å². The monoisotopic (exact) mass is 347 g/mol. The van der Waals surface area contributed by atoms with Crippen molar-refractivity contribution in [2.75, 3.05) is 18.5 Å². The number of carbonyl (C=O) groups is 2. The van der Waals surface area contributed by atoms with Gasteiger partial charge in [0.25, 0.3) is 5.91 Å². The van der Waals surface area contributed by atoms with Crippen molar-refractivity contribution in [2.45, 2.75) is 13.8 Å². The standard InChI is InChI=1S/C18H18ClNO4/c1-12-3-5-16(13(2)9-12)24-11-18(22)20-14-4-6-17(15(19)10-14)23-8-7-21/h3-7,9-10H,8,11H2,1-2H3,(H,20,22). The van der Waals surface area contributed by atoms with E-state index in [-0.39, 0.29) is 19.1 Å². The van der Waals surface area contributed by atoms with Crippen LogP contribution in [0.4, 0.5) is 5.69 Å². The van der Waals surface area contributed by atoms with Gasteiger partial charge in [0.2, 0.25) is 0 Å². The van der Waals surface area contributed by atoms with E-state index in [4.69, 9.17) is 21.1 Å². The van der Waals surface area contributed by atoms with Crippen LogP contribution in [0, 0.1) is 13.8 Å². The minimum atomic E-state index is -0.299. The van der Waals surface area contributed by atoms with Crippen molar-refractivity contribution in [3.63, 3.8) is 0 Å². The Morgan fingerprint density at radius 1 is 1.12 bits per heavy atom. The molecule has 6 heteroatoms. The van der Waals surface area contributed by atoms with E-state index in [1.165, 1.54) is 0 Å². The largest absolute Gasteiger partial charge is 0.485 e. The fraction of sp³-hybridized carbons (Fsp3) is 0.222. The molecule has 0 atom stereocenters. The number of hydrogen-bond donors (Lipinski definition) is 1. The van der Waals surface area contributed by atoms with Gasteiger partial charge in [-0.25, -0.2) is 0 Å². The summed E-state index contributed by atoms with van der Waals surface area (Å²) in [4.78, 5) is 22.3. The maximum Gasteiger partial charge on any atom is 0.262 e. The third kappa shape index (κ3) is 4.99. The highest BCUT2D eigenvalue weighted by atomic mass is 35.5. The summed E-state index contributed by atoms with van der Waals surface area (Å²) >= 11 is 6.03. The molecule has 0 aliphatic rings. The van der Waals surface area contributed by atoms with Gasteiger partial charge in [-0.15, -0.1) is 0 Å². The van der Waals surface area contributed by atoms with Crippen LogP contribution < -0.4 is 14.8 Å². The van der Waals surface area contributed by atoms with Crippen LogP contribution in [0.25, 0.3) is 0 Å². The number of amides is 1. The average Bonchev–Trinajstić information content (AvgIpc) is 2.53. The van der Waals surface area contributed by atoms with E-state index in [0.29, 0.717) is 28.5 Å². The number of nitrogens with one attached hydrogen (secondary N) is 1. The summed E-state index contributed by atoms with van der Waals surface area (Å²) in [6.07, 6.45) is 0.635. The number of halogens is 1. The molecule has 0 aromatic heterocycles. The number of benzene rings is 2. The van der Waals surface area contributed by atoms with Gasteiger partial charge in [-0.3, -0.25) is 9.59 Å². The maximum absolute atomic E-state index is 12.0. The first kappa shape index (κ1) is 17.8. The smallest absolute Gasteiger partial charge is 0.262 e. The van der Waals surface area contributed by atoms with Gasteiger partial charge < -0.3 is 14.8 Å². The Labute approximate surface area is 145 Å². The number of ether oxygens (including phenoxy) is 2. The summed E-state index contributed by atoms with van der Waals surface area (Å²) in [5, 5.41) is 3.00. The summed E-state index contributed by atoms with van der Waals surface area (Å²) in [6, 6.07) is 10.5. The second kappa shape index (κ2) is 8.36. The first-order valence-corrected chi connectivity index (χ1v) is 7.73. The van der Waals surface area contributed by atoms with E-state index in [1.807, 2.05) is 32.0 Å². The number of carbonyl (C=O) groups excluding carboxylic acids is 2. The molecule has 0 heterocycles. The SMILES string of the molecule is Cc1ccc(OCC(=O)Nc2ccc(OCC=O)c(Cl)c2)c(C)c1. The second-order valence-electron chi connectivity index (χ2n) is 5.23. The van der Waals surface area contributed by atoms with E-state index in [1.54, 1.807) is 18.2 Å². The van der Waals surface area contributed by atoms with E-state index >= 15 is 0 Å². The Morgan fingerprint density at radius 2 is 1.88 bits per heavy atom. The fourth-order valence-corrected chi connectivity index (χ4v) is 2.36. The highest BCUT2D eigenvalue weighted by Crippen LogP contribution is 2.27. The zero-order valence-corrected chi connectivity index (χ0v) is 14.2. The van der Waals surface area contributed by atoms with Crippen LogP contribution >= 0.6 is 11.6 Å². The lowest BCUT2D eigenvalue weighted by Crippen LogP contribution is -2.20. The number of rotatable bonds is 7. The zero-order valence-electron chi connectivity index (χ0n) is 13.5. The number of aldehydes is 1. The van der Waals surface area contributed by atoms with Crippen molar-refractivity contribution in [2.24, 2.45) is 0 Å². The molecule has 0 spiro atoms. The third-order valence-corrected chi connectivity index (χ3v) is 3.51. The quantitative estimate of drug-likeness (QED) is 0.778. The molecule has 0 unspecified atom stereocenters. The first-order valence-electron chi connectivity index (χ1n) is 7.35. The van der Waals surface area contributed by atoms with Crippen molar-refractivity contribution in [3.05, 3.63) is 52.5 Å².